The topological polar surface area (TPSA) is 87.0 Å². The average Bonchev–Trinajstić information content (AvgIpc) is 3.15. The summed E-state index contributed by atoms with van der Waals surface area (Å²) < 4.78 is 5.04. The van der Waals surface area contributed by atoms with E-state index in [4.69, 9.17) is 4.52 Å². The van der Waals surface area contributed by atoms with Gasteiger partial charge in [-0.1, -0.05) is 5.16 Å². The Balaban J connectivity index is 1.73. The van der Waals surface area contributed by atoms with E-state index >= 15 is 0 Å². The summed E-state index contributed by atoms with van der Waals surface area (Å²) >= 11 is 0. The fourth-order valence-corrected chi connectivity index (χ4v) is 2.09. The highest BCUT2D eigenvalue weighted by Crippen LogP contribution is 2.21. The standard InChI is InChI=1S/C15H17N5O2/c1-20(2)8-7-17-14(21)15-18-13(19-22-15)11-3-4-12-10(9-11)5-6-16-12/h3-6,9,16H,7-8H2,1-2H3,(H,17,21). The first-order valence-corrected chi connectivity index (χ1v) is 6.97. The van der Waals surface area contributed by atoms with E-state index in [-0.39, 0.29) is 11.8 Å². The van der Waals surface area contributed by atoms with Crippen molar-refractivity contribution in [3.63, 3.8) is 0 Å². The van der Waals surface area contributed by atoms with Crippen LogP contribution in [0, 0.1) is 0 Å². The maximum atomic E-state index is 11.9. The highest BCUT2D eigenvalue weighted by atomic mass is 16.5. The van der Waals surface area contributed by atoms with Crippen LogP contribution >= 0.6 is 0 Å². The molecule has 7 nitrogen and oxygen atoms in total. The number of likely N-dealkylation sites (N-methyl/N-ethyl adjacent to an activating group) is 1. The van der Waals surface area contributed by atoms with Crippen molar-refractivity contribution in [1.29, 1.82) is 0 Å². The summed E-state index contributed by atoms with van der Waals surface area (Å²) in [6, 6.07) is 7.74. The van der Waals surface area contributed by atoms with Gasteiger partial charge in [-0.25, -0.2) is 0 Å². The van der Waals surface area contributed by atoms with E-state index in [1.807, 2.05) is 49.5 Å². The highest BCUT2D eigenvalue weighted by molar-refractivity contribution is 5.90. The molecule has 2 aromatic heterocycles. The summed E-state index contributed by atoms with van der Waals surface area (Å²) in [7, 11) is 3.88. The molecule has 22 heavy (non-hydrogen) atoms. The van der Waals surface area contributed by atoms with Crippen molar-refractivity contribution in [2.45, 2.75) is 0 Å². The molecule has 0 fully saturated rings. The molecule has 0 bridgehead atoms. The summed E-state index contributed by atoms with van der Waals surface area (Å²) in [5.74, 6) is 0.0205. The fraction of sp³-hybridized carbons (Fsp3) is 0.267. The minimum atomic E-state index is -0.358. The highest BCUT2D eigenvalue weighted by Gasteiger charge is 2.16. The van der Waals surface area contributed by atoms with Gasteiger partial charge in [0.05, 0.1) is 0 Å². The lowest BCUT2D eigenvalue weighted by atomic mass is 10.1. The predicted octanol–water partition coefficient (Wildman–Crippen LogP) is 1.51. The van der Waals surface area contributed by atoms with Crippen LogP contribution in [0.1, 0.15) is 10.7 Å². The van der Waals surface area contributed by atoms with Gasteiger partial charge in [0.25, 0.3) is 0 Å². The zero-order valence-corrected chi connectivity index (χ0v) is 12.5. The first-order chi connectivity index (χ1) is 10.6. The second-order valence-corrected chi connectivity index (χ2v) is 5.26. The molecule has 0 aliphatic carbocycles. The van der Waals surface area contributed by atoms with Gasteiger partial charge >= 0.3 is 11.8 Å². The first-order valence-electron chi connectivity index (χ1n) is 6.97. The predicted molar refractivity (Wildman–Crippen MR) is 82.5 cm³/mol. The Morgan fingerprint density at radius 3 is 3.05 bits per heavy atom. The van der Waals surface area contributed by atoms with Gasteiger partial charge in [0.1, 0.15) is 0 Å². The minimum Gasteiger partial charge on any atom is -0.361 e. The van der Waals surface area contributed by atoms with Crippen molar-refractivity contribution in [3.05, 3.63) is 36.4 Å². The molecule has 0 unspecified atom stereocenters. The second kappa shape index (κ2) is 5.98. The molecule has 0 aliphatic rings. The molecular formula is C15H17N5O2. The summed E-state index contributed by atoms with van der Waals surface area (Å²) in [4.78, 5) is 21.2. The molecule has 3 aromatic rings. The Morgan fingerprint density at radius 2 is 2.23 bits per heavy atom. The number of hydrogen-bond donors (Lipinski definition) is 2. The van der Waals surface area contributed by atoms with E-state index < -0.39 is 0 Å². The van der Waals surface area contributed by atoms with Crippen LogP contribution < -0.4 is 5.32 Å². The van der Waals surface area contributed by atoms with E-state index in [1.165, 1.54) is 0 Å². The number of rotatable bonds is 5. The third-order valence-corrected chi connectivity index (χ3v) is 3.28. The van der Waals surface area contributed by atoms with Crippen molar-refractivity contribution in [1.82, 2.24) is 25.3 Å². The maximum absolute atomic E-state index is 11.9. The molecule has 0 saturated heterocycles. The molecule has 7 heteroatoms. The normalized spacial score (nSPS) is 11.2. The Morgan fingerprint density at radius 1 is 1.36 bits per heavy atom. The van der Waals surface area contributed by atoms with Gasteiger partial charge in [0, 0.05) is 35.8 Å². The molecule has 3 rings (SSSR count). The average molecular weight is 299 g/mol. The van der Waals surface area contributed by atoms with Crippen molar-refractivity contribution < 1.29 is 9.32 Å². The van der Waals surface area contributed by atoms with E-state index in [2.05, 4.69) is 20.4 Å². The largest absolute Gasteiger partial charge is 0.361 e. The van der Waals surface area contributed by atoms with Gasteiger partial charge in [-0.15, -0.1) is 0 Å². The number of carbonyl (C=O) groups excluding carboxylic acids is 1. The van der Waals surface area contributed by atoms with Gasteiger partial charge in [0.15, 0.2) is 0 Å². The number of aromatic amines is 1. The summed E-state index contributed by atoms with van der Waals surface area (Å²) in [6.07, 6.45) is 1.87. The molecule has 1 aromatic carbocycles. The monoisotopic (exact) mass is 299 g/mol. The lowest BCUT2D eigenvalue weighted by Crippen LogP contribution is -2.31. The van der Waals surface area contributed by atoms with Crippen LogP contribution in [0.15, 0.2) is 35.0 Å². The summed E-state index contributed by atoms with van der Waals surface area (Å²) in [5, 5.41) is 7.67. The number of hydrogen-bond acceptors (Lipinski definition) is 5. The van der Waals surface area contributed by atoms with Gasteiger partial charge in [-0.2, -0.15) is 4.98 Å². The van der Waals surface area contributed by atoms with Crippen molar-refractivity contribution in [2.24, 2.45) is 0 Å². The molecule has 2 heterocycles. The van der Waals surface area contributed by atoms with Crippen LogP contribution in [-0.4, -0.2) is 53.1 Å². The molecule has 0 radical (unpaired) electrons. The second-order valence-electron chi connectivity index (χ2n) is 5.26. The van der Waals surface area contributed by atoms with Crippen molar-refractivity contribution in [2.75, 3.05) is 27.2 Å². The number of H-pyrrole nitrogens is 1. The number of aromatic nitrogens is 3. The minimum absolute atomic E-state index is 0.0251. The molecule has 114 valence electrons. The fourth-order valence-electron chi connectivity index (χ4n) is 2.09. The van der Waals surface area contributed by atoms with E-state index in [0.29, 0.717) is 12.4 Å². The van der Waals surface area contributed by atoms with Crippen LogP contribution in [0.3, 0.4) is 0 Å². The maximum Gasteiger partial charge on any atom is 0.316 e. The zero-order chi connectivity index (χ0) is 15.5. The van der Waals surface area contributed by atoms with E-state index in [0.717, 1.165) is 23.0 Å². The number of nitrogens with zero attached hydrogens (tertiary/aromatic N) is 3. The molecule has 1 amide bonds. The van der Waals surface area contributed by atoms with Gasteiger partial charge < -0.3 is 19.7 Å². The number of benzene rings is 1. The lowest BCUT2D eigenvalue weighted by molar-refractivity contribution is 0.0907. The van der Waals surface area contributed by atoms with Gasteiger partial charge in [-0.3, -0.25) is 4.79 Å². The van der Waals surface area contributed by atoms with Crippen LogP contribution in [0.4, 0.5) is 0 Å². The van der Waals surface area contributed by atoms with Crippen molar-refractivity contribution >= 4 is 16.8 Å². The number of nitrogens with one attached hydrogen (secondary N) is 2. The van der Waals surface area contributed by atoms with Crippen LogP contribution in [0.5, 0.6) is 0 Å². The van der Waals surface area contributed by atoms with E-state index in [1.54, 1.807) is 0 Å². The third-order valence-electron chi connectivity index (χ3n) is 3.28. The molecular weight excluding hydrogens is 282 g/mol. The molecule has 0 spiro atoms. The summed E-state index contributed by atoms with van der Waals surface area (Å²) in [6.45, 7) is 1.27. The Kier molecular flexibility index (Phi) is 3.88. The van der Waals surface area contributed by atoms with Crippen LogP contribution in [-0.2, 0) is 0 Å². The quantitative estimate of drug-likeness (QED) is 0.745. The smallest absolute Gasteiger partial charge is 0.316 e. The summed E-state index contributed by atoms with van der Waals surface area (Å²) in [5.41, 5.74) is 1.84. The van der Waals surface area contributed by atoms with Crippen LogP contribution in [0.2, 0.25) is 0 Å². The number of fused-ring (bicyclic) bond motifs is 1. The van der Waals surface area contributed by atoms with Gasteiger partial charge in [-0.05, 0) is 38.4 Å². The first kappa shape index (κ1) is 14.3. The Bertz CT molecular complexity index is 790. The number of amides is 1. The lowest BCUT2D eigenvalue weighted by Gasteiger charge is -2.08. The van der Waals surface area contributed by atoms with Crippen LogP contribution in [0.25, 0.3) is 22.3 Å². The van der Waals surface area contributed by atoms with Crippen molar-refractivity contribution in [3.8, 4) is 11.4 Å². The zero-order valence-electron chi connectivity index (χ0n) is 12.5. The third kappa shape index (κ3) is 2.99. The molecule has 0 atom stereocenters. The van der Waals surface area contributed by atoms with E-state index in [9.17, 15) is 4.79 Å². The SMILES string of the molecule is CN(C)CCNC(=O)c1nc(-c2ccc3[nH]ccc3c2)no1. The Labute approximate surface area is 127 Å². The van der Waals surface area contributed by atoms with Gasteiger partial charge in [0.2, 0.25) is 5.82 Å². The molecule has 0 saturated carbocycles. The molecule has 0 aliphatic heterocycles. The molecule has 2 N–H and O–H groups in total. The Hall–Kier alpha value is -2.67. The number of carbonyl (C=O) groups is 1.